The number of benzene rings is 6. The van der Waals surface area contributed by atoms with E-state index >= 15 is 0 Å². The summed E-state index contributed by atoms with van der Waals surface area (Å²) in [6.07, 6.45) is 5.76. The SMILES string of the molecule is c1ccc(-c2nc(-n3c4ncccc4c4c5ccncc5c5sc6ccccc6c5c43)nc3c4ccccc4c4ccccc4c23)cc1. The lowest BCUT2D eigenvalue weighted by Crippen LogP contribution is -2.05. The minimum Gasteiger partial charge on any atom is -0.264 e. The number of nitrogens with zero attached hydrogens (tertiary/aromatic N) is 5. The van der Waals surface area contributed by atoms with Gasteiger partial charge in [0.05, 0.1) is 16.7 Å². The largest absolute Gasteiger partial charge is 0.264 e. The Hall–Kier alpha value is -6.24. The Balaban J connectivity index is 1.42. The van der Waals surface area contributed by atoms with E-state index in [-0.39, 0.29) is 0 Å². The summed E-state index contributed by atoms with van der Waals surface area (Å²) in [7, 11) is 0. The number of thiophene rings is 1. The average molecular weight is 630 g/mol. The normalized spacial score (nSPS) is 12.2. The predicted octanol–water partition coefficient (Wildman–Crippen LogP) is 11.0. The topological polar surface area (TPSA) is 56.5 Å². The minimum absolute atomic E-state index is 0.602. The van der Waals surface area contributed by atoms with E-state index in [4.69, 9.17) is 15.0 Å². The van der Waals surface area contributed by atoms with Crippen LogP contribution in [0.15, 0.2) is 140 Å². The van der Waals surface area contributed by atoms with Gasteiger partial charge in [-0.3, -0.25) is 9.55 Å². The van der Waals surface area contributed by atoms with Crippen LogP contribution >= 0.6 is 11.3 Å². The van der Waals surface area contributed by atoms with Crippen LogP contribution in [0.2, 0.25) is 0 Å². The smallest absolute Gasteiger partial charge is 0.237 e. The van der Waals surface area contributed by atoms with Crippen molar-refractivity contribution in [1.29, 1.82) is 0 Å². The number of aromatic nitrogens is 5. The van der Waals surface area contributed by atoms with Crippen molar-refractivity contribution in [2.24, 2.45) is 0 Å². The fraction of sp³-hybridized carbons (Fsp3) is 0. The number of fused-ring (bicyclic) bond motifs is 16. The van der Waals surface area contributed by atoms with E-state index in [9.17, 15) is 0 Å². The van der Waals surface area contributed by atoms with Crippen molar-refractivity contribution >= 4 is 96.7 Å². The Bertz CT molecular complexity index is 3120. The van der Waals surface area contributed by atoms with Crippen LogP contribution in [0.3, 0.4) is 0 Å². The van der Waals surface area contributed by atoms with Gasteiger partial charge in [0.25, 0.3) is 0 Å². The molecule has 5 heterocycles. The van der Waals surface area contributed by atoms with Crippen LogP contribution < -0.4 is 0 Å². The Kier molecular flexibility index (Phi) is 5.20. The highest BCUT2D eigenvalue weighted by molar-refractivity contribution is 7.27. The molecule has 6 aromatic carbocycles. The highest BCUT2D eigenvalue weighted by atomic mass is 32.1. The summed E-state index contributed by atoms with van der Waals surface area (Å²) in [5, 5.41) is 12.5. The third kappa shape index (κ3) is 3.39. The van der Waals surface area contributed by atoms with Crippen molar-refractivity contribution in [3.8, 4) is 17.2 Å². The zero-order valence-corrected chi connectivity index (χ0v) is 26.2. The lowest BCUT2D eigenvalue weighted by Gasteiger charge is -2.16. The first-order valence-corrected chi connectivity index (χ1v) is 16.8. The second kappa shape index (κ2) is 9.64. The number of rotatable bonds is 2. The standard InChI is InChI=1S/C42H23N5S/c1-2-11-24(12-3-1)37-35-27-15-6-4-13-25(27)26-14-5-7-16-29(26)38(35)46-42(45-37)47-39-34(31-18-10-21-44-41(31)47)28-20-22-43-23-32(28)40-36(39)30-17-8-9-19-33(30)48-40/h1-23H. The van der Waals surface area contributed by atoms with E-state index in [2.05, 4.69) is 125 Å². The number of hydrogen-bond donors (Lipinski definition) is 0. The van der Waals surface area contributed by atoms with Crippen LogP contribution in [0.5, 0.6) is 0 Å². The number of hydrogen-bond acceptors (Lipinski definition) is 5. The van der Waals surface area contributed by atoms with Gasteiger partial charge in [0, 0.05) is 71.3 Å². The van der Waals surface area contributed by atoms with Crippen LogP contribution in [-0.2, 0) is 0 Å². The van der Waals surface area contributed by atoms with Crippen molar-refractivity contribution in [1.82, 2.24) is 24.5 Å². The maximum absolute atomic E-state index is 5.54. The maximum Gasteiger partial charge on any atom is 0.237 e. The molecule has 0 fully saturated rings. The molecule has 5 aromatic heterocycles. The van der Waals surface area contributed by atoms with Gasteiger partial charge in [-0.1, -0.05) is 97.1 Å². The van der Waals surface area contributed by atoms with E-state index in [0.717, 1.165) is 65.6 Å². The molecular weight excluding hydrogens is 607 g/mol. The highest BCUT2D eigenvalue weighted by Gasteiger charge is 2.25. The molecule has 0 aliphatic carbocycles. The van der Waals surface area contributed by atoms with Gasteiger partial charge in [0.1, 0.15) is 5.65 Å². The molecule has 11 rings (SSSR count). The van der Waals surface area contributed by atoms with E-state index in [1.54, 1.807) is 0 Å². The molecule has 0 spiro atoms. The van der Waals surface area contributed by atoms with Crippen molar-refractivity contribution in [2.75, 3.05) is 0 Å². The summed E-state index contributed by atoms with van der Waals surface area (Å²) in [5.41, 5.74) is 4.77. The van der Waals surface area contributed by atoms with Crippen molar-refractivity contribution < 1.29 is 0 Å². The first-order valence-electron chi connectivity index (χ1n) is 16.0. The quantitative estimate of drug-likeness (QED) is 0.179. The molecule has 0 saturated carbocycles. The van der Waals surface area contributed by atoms with Gasteiger partial charge >= 0.3 is 0 Å². The number of pyridine rings is 2. The molecule has 6 heteroatoms. The fourth-order valence-corrected chi connectivity index (χ4v) is 8.98. The molecule has 0 unspecified atom stereocenters. The summed E-state index contributed by atoms with van der Waals surface area (Å²) in [4.78, 5) is 20.7. The van der Waals surface area contributed by atoms with Gasteiger partial charge in [-0.05, 0) is 45.8 Å². The predicted molar refractivity (Wildman–Crippen MR) is 200 cm³/mol. The van der Waals surface area contributed by atoms with Gasteiger partial charge in [0.2, 0.25) is 5.95 Å². The highest BCUT2D eigenvalue weighted by Crippen LogP contribution is 2.47. The second-order valence-electron chi connectivity index (χ2n) is 12.2. The lowest BCUT2D eigenvalue weighted by molar-refractivity contribution is 1.00. The Morgan fingerprint density at radius 2 is 1.19 bits per heavy atom. The molecule has 48 heavy (non-hydrogen) atoms. The zero-order valence-electron chi connectivity index (χ0n) is 25.4. The molecule has 222 valence electrons. The molecule has 0 amide bonds. The fourth-order valence-electron chi connectivity index (χ4n) is 7.75. The monoisotopic (exact) mass is 629 g/mol. The van der Waals surface area contributed by atoms with Crippen molar-refractivity contribution in [3.63, 3.8) is 0 Å². The van der Waals surface area contributed by atoms with Crippen LogP contribution in [-0.4, -0.2) is 24.5 Å². The average Bonchev–Trinajstić information content (AvgIpc) is 3.72. The van der Waals surface area contributed by atoms with Crippen LogP contribution in [0.25, 0.3) is 103 Å². The first-order chi connectivity index (χ1) is 23.8. The molecule has 5 nitrogen and oxygen atoms in total. The zero-order chi connectivity index (χ0) is 31.3. The summed E-state index contributed by atoms with van der Waals surface area (Å²) in [6.45, 7) is 0. The van der Waals surface area contributed by atoms with Gasteiger partial charge in [0.15, 0.2) is 0 Å². The Morgan fingerprint density at radius 1 is 0.500 bits per heavy atom. The summed E-state index contributed by atoms with van der Waals surface area (Å²) in [6, 6.07) is 42.7. The van der Waals surface area contributed by atoms with Crippen LogP contribution in [0, 0.1) is 0 Å². The van der Waals surface area contributed by atoms with Crippen LogP contribution in [0.4, 0.5) is 0 Å². The van der Waals surface area contributed by atoms with Crippen LogP contribution in [0.1, 0.15) is 0 Å². The molecule has 0 bridgehead atoms. The molecule has 0 N–H and O–H groups in total. The molecule has 0 atom stereocenters. The maximum atomic E-state index is 5.54. The third-order valence-corrected chi connectivity index (χ3v) is 10.9. The lowest BCUT2D eigenvalue weighted by atomic mass is 9.94. The Labute approximate surface area is 277 Å². The van der Waals surface area contributed by atoms with Gasteiger partial charge in [-0.15, -0.1) is 11.3 Å². The molecule has 0 radical (unpaired) electrons. The minimum atomic E-state index is 0.602. The first kappa shape index (κ1) is 25.9. The van der Waals surface area contributed by atoms with Crippen molar-refractivity contribution in [3.05, 3.63) is 140 Å². The van der Waals surface area contributed by atoms with Gasteiger partial charge < -0.3 is 0 Å². The van der Waals surface area contributed by atoms with E-state index in [1.165, 1.54) is 30.9 Å². The molecular formula is C42H23N5S. The molecule has 0 aliphatic heterocycles. The van der Waals surface area contributed by atoms with E-state index in [0.29, 0.717) is 5.95 Å². The molecule has 0 aliphatic rings. The summed E-state index contributed by atoms with van der Waals surface area (Å²) in [5.74, 6) is 0.602. The van der Waals surface area contributed by atoms with Crippen molar-refractivity contribution in [2.45, 2.75) is 0 Å². The van der Waals surface area contributed by atoms with Gasteiger partial charge in [-0.2, -0.15) is 0 Å². The second-order valence-corrected chi connectivity index (χ2v) is 13.3. The third-order valence-electron chi connectivity index (χ3n) is 9.71. The van der Waals surface area contributed by atoms with E-state index < -0.39 is 0 Å². The van der Waals surface area contributed by atoms with Gasteiger partial charge in [-0.25, -0.2) is 15.0 Å². The van der Waals surface area contributed by atoms with E-state index in [1.807, 2.05) is 36.0 Å². The molecule has 0 saturated heterocycles. The summed E-state index contributed by atoms with van der Waals surface area (Å²) < 4.78 is 4.65. The Morgan fingerprint density at radius 3 is 2.04 bits per heavy atom. The summed E-state index contributed by atoms with van der Waals surface area (Å²) >= 11 is 1.81. The molecule has 11 aromatic rings.